The molecule has 22 atom stereocenters. The van der Waals surface area contributed by atoms with Crippen LogP contribution in [0.4, 0.5) is 0 Å². The third-order valence-corrected chi connectivity index (χ3v) is 23.9. The van der Waals surface area contributed by atoms with E-state index in [9.17, 15) is 91.0 Å². The summed E-state index contributed by atoms with van der Waals surface area (Å²) in [7, 11) is 2.74. The number of phenols is 3. The molecule has 0 radical (unpaired) electrons. The highest BCUT2D eigenvalue weighted by atomic mass is 35.5. The number of aromatic hydroxyl groups is 3. The summed E-state index contributed by atoms with van der Waals surface area (Å²) < 4.78 is 39.5. The Labute approximate surface area is 747 Å². The standard InChI is InChI=1S/C86H117Cl2N11O29/c1-8-9-10-11-12-13-14-15-22-91-23-24-92-86(5)33-61(123-39(4)77(86)114)127-76-74(113)73(112)59(37-101)126-85(76)128-75-57-29-43-30-58(75)125-56-21-18-42(28-48(56)88)69(108)67-83(120)96-65(84(121)122)45-31-52(103)46(34-99(7)35-53(104)71(110)72(111)54(105)36-100)70(109)62(45)44-26-40(16-19-51(44)102)63(80(117)98-67)95-81(118)64(43)94-79(116)50(32-60(89)106)93-82(119)66(97-78(115)49(90-6)25-38(2)3)68(107)41-17-20-55(124-57)47(87)27-41/h16-21,26-31,38-39,49-50,53-54,59,61,63-69,71-74,76-77,85,90-92,100-105,107-114H,8-15,22-25,32-37H2,1-7H3,(H2,89,106)(H,93,119)(H,94,116)(H,95,118)(H,96,120)(H,97,115)(H,98,117)(H,121,122)/t39-,49+,50-,53-,54+,59+,61-,63+,64+,65-,66+,67-,68+,69+,71+,72+,73+,74-,76+,77+,85-,86-/m0/s1. The van der Waals surface area contributed by atoms with E-state index in [1.165, 1.54) is 45.5 Å². The number of carbonyl (C=O) groups excluding carboxylic acids is 7. The summed E-state index contributed by atoms with van der Waals surface area (Å²) in [6.45, 7) is 7.39. The largest absolute Gasteiger partial charge is 0.507 e. The second-order valence-electron chi connectivity index (χ2n) is 33.5. The zero-order valence-corrected chi connectivity index (χ0v) is 73.1. The van der Waals surface area contributed by atoms with Crippen LogP contribution in [0.3, 0.4) is 0 Å². The molecule has 7 aliphatic heterocycles. The van der Waals surface area contributed by atoms with Crippen LogP contribution in [0, 0.1) is 5.92 Å². The van der Waals surface area contributed by atoms with Gasteiger partial charge in [0.25, 0.3) is 0 Å². The molecule has 0 spiro atoms. The van der Waals surface area contributed by atoms with Gasteiger partial charge in [-0.3, -0.25) is 38.5 Å². The maximum Gasteiger partial charge on any atom is 0.330 e. The quantitative estimate of drug-likeness (QED) is 0.0247. The Morgan fingerprint density at radius 2 is 1.28 bits per heavy atom. The minimum atomic E-state index is -2.44. The molecule has 0 aliphatic carbocycles. The van der Waals surface area contributed by atoms with E-state index < -0.39 is 297 Å². The minimum absolute atomic E-state index is 0.132. The number of carbonyl (C=O) groups is 8. The zero-order valence-electron chi connectivity index (χ0n) is 71.6. The van der Waals surface area contributed by atoms with Crippen LogP contribution in [-0.2, 0) is 59.1 Å². The number of hydrogen-bond acceptors (Lipinski definition) is 32. The van der Waals surface area contributed by atoms with Crippen LogP contribution in [0.5, 0.6) is 46.0 Å². The predicted octanol–water partition coefficient (Wildman–Crippen LogP) is 0.335. The molecule has 128 heavy (non-hydrogen) atoms. The first kappa shape index (κ1) is 101. The van der Waals surface area contributed by atoms with Gasteiger partial charge in [-0.25, -0.2) is 4.79 Å². The van der Waals surface area contributed by atoms with Gasteiger partial charge in [0.05, 0.1) is 59.6 Å². The molecule has 704 valence electrons. The number of unbranched alkanes of at least 4 members (excludes halogenated alkanes) is 7. The predicted molar refractivity (Wildman–Crippen MR) is 456 cm³/mol. The fraction of sp³-hybridized carbons (Fsp3) is 0.558. The topological polar surface area (TPSA) is 633 Å². The molecule has 7 aliphatic rings. The third kappa shape index (κ3) is 24.2. The molecule has 7 amide bonds. The fourth-order valence-corrected chi connectivity index (χ4v) is 16.6. The van der Waals surface area contributed by atoms with Crippen molar-refractivity contribution in [2.75, 3.05) is 53.5 Å². The summed E-state index contributed by atoms with van der Waals surface area (Å²) in [6.07, 6.45) is -17.8. The first-order valence-electron chi connectivity index (χ1n) is 42.4. The molecule has 7 heterocycles. The summed E-state index contributed by atoms with van der Waals surface area (Å²) in [5.41, 5.74) is 0.563. The van der Waals surface area contributed by atoms with Crippen LogP contribution >= 0.6 is 23.2 Å². The Morgan fingerprint density at radius 3 is 1.88 bits per heavy atom. The third-order valence-electron chi connectivity index (χ3n) is 23.3. The number of halogens is 2. The highest BCUT2D eigenvalue weighted by Gasteiger charge is 2.53. The lowest BCUT2D eigenvalue weighted by Gasteiger charge is -2.48. The van der Waals surface area contributed by atoms with E-state index in [1.807, 2.05) is 13.8 Å². The number of primary amides is 1. The summed E-state index contributed by atoms with van der Waals surface area (Å²) in [5.74, 6) is -17.2. The molecule has 5 aromatic rings. The van der Waals surface area contributed by atoms with Crippen LogP contribution in [0.15, 0.2) is 72.8 Å². The van der Waals surface area contributed by atoms with Crippen molar-refractivity contribution in [3.05, 3.63) is 116 Å². The lowest BCUT2D eigenvalue weighted by molar-refractivity contribution is -0.334. The van der Waals surface area contributed by atoms with E-state index in [0.29, 0.717) is 13.1 Å². The van der Waals surface area contributed by atoms with Crippen molar-refractivity contribution in [1.29, 1.82) is 0 Å². The maximum absolute atomic E-state index is 16.5. The monoisotopic (exact) mass is 1840 g/mol. The first-order valence-corrected chi connectivity index (χ1v) is 43.1. The van der Waals surface area contributed by atoms with Crippen molar-refractivity contribution < 1.29 is 143 Å². The number of aliphatic hydroxyl groups is 11. The summed E-state index contributed by atoms with van der Waals surface area (Å²) >= 11 is 14.4. The second-order valence-corrected chi connectivity index (χ2v) is 34.3. The van der Waals surface area contributed by atoms with Crippen molar-refractivity contribution in [1.82, 2.24) is 52.8 Å². The van der Waals surface area contributed by atoms with Crippen LogP contribution in [0.1, 0.15) is 169 Å². The molecule has 0 unspecified atom stereocenters. The number of fused-ring (bicyclic) bond motifs is 15. The average molecular weight is 1840 g/mol. The maximum atomic E-state index is 16.5. The molecule has 2 fully saturated rings. The number of rotatable bonds is 34. The van der Waals surface area contributed by atoms with Crippen molar-refractivity contribution in [3.63, 3.8) is 0 Å². The number of aliphatic hydroxyl groups excluding tert-OH is 11. The second kappa shape index (κ2) is 44.9. The van der Waals surface area contributed by atoms with E-state index in [2.05, 4.69) is 54.8 Å². The van der Waals surface area contributed by atoms with Crippen molar-refractivity contribution in [2.24, 2.45) is 11.7 Å². The number of phenolic OH excluding ortho intramolecular Hbond substituents is 3. The highest BCUT2D eigenvalue weighted by Crippen LogP contribution is 2.51. The van der Waals surface area contributed by atoms with E-state index in [0.717, 1.165) is 104 Å². The molecule has 0 aromatic heterocycles. The van der Waals surface area contributed by atoms with E-state index >= 15 is 24.0 Å². The minimum Gasteiger partial charge on any atom is -0.507 e. The van der Waals surface area contributed by atoms with Gasteiger partial charge in [-0.2, -0.15) is 0 Å². The van der Waals surface area contributed by atoms with Gasteiger partial charge in [0.2, 0.25) is 53.4 Å². The Kier molecular flexibility index (Phi) is 35.3. The molecule has 5 aromatic carbocycles. The van der Waals surface area contributed by atoms with Crippen LogP contribution < -0.4 is 67.8 Å². The van der Waals surface area contributed by atoms with Gasteiger partial charge >= 0.3 is 5.97 Å². The number of carboxylic acid groups (broad SMARTS) is 1. The molecule has 0 saturated carbocycles. The number of carboxylic acids is 1. The van der Waals surface area contributed by atoms with E-state index in [1.54, 1.807) is 13.8 Å². The lowest BCUT2D eigenvalue weighted by Crippen LogP contribution is -2.65. The zero-order chi connectivity index (χ0) is 93.6. The van der Waals surface area contributed by atoms with Gasteiger partial charge < -0.3 is 159 Å². The normalized spacial score (nSPS) is 26.8. The van der Waals surface area contributed by atoms with Crippen LogP contribution in [0.25, 0.3) is 11.1 Å². The van der Waals surface area contributed by atoms with Gasteiger partial charge in [0.1, 0.15) is 108 Å². The summed E-state index contributed by atoms with van der Waals surface area (Å²) in [5, 5.41) is 195. The number of likely N-dealkylation sites (N-methyl/N-ethyl adjacent to an activating group) is 2. The van der Waals surface area contributed by atoms with Gasteiger partial charge in [-0.05, 0) is 130 Å². The molecule has 11 bridgehead atoms. The Balaban J connectivity index is 1.17. The van der Waals surface area contributed by atoms with Gasteiger partial charge in [-0.1, -0.05) is 107 Å². The number of nitrogens with one attached hydrogen (secondary N) is 9. The number of hydrogen-bond donors (Lipinski definition) is 25. The summed E-state index contributed by atoms with van der Waals surface area (Å²) in [4.78, 5) is 121. The SMILES string of the molecule is CCCCCCCCCCNCCN[C@@]1(C)C[C@H](O[C@H]2[C@H](Oc3c4cc5cc3Oc3ccc(cc3Cl)[C@@H](O)[C@@H](NC(=O)[C@@H](CC(C)C)NC)C(=O)N[C@@H](CC(N)=O)C(=O)N[C@H]5C(=O)N[C@H]3C(=O)N[C@H](C(=O)N[C@H](C(=O)O)c5cc(O)c(CN(C)C[C@H](O)[C@@H](O)[C@H](O)[C@H](O)CO)c(O)c5-c5cc3ccc5O)[C@H](O)c3ccc(c(Cl)c3)O4)O[C@H](CO)[C@@H](O)[C@@H]2O)O[C@@H](C)[C@H]1O. The van der Waals surface area contributed by atoms with Crippen molar-refractivity contribution in [3.8, 4) is 57.1 Å². The number of aliphatic carboxylic acids is 1. The number of ether oxygens (including phenoxy) is 6. The molecule has 26 N–H and O–H groups in total. The first-order chi connectivity index (χ1) is 60.7. The number of nitrogens with two attached hydrogens (primary N) is 1. The molecular weight excluding hydrogens is 1720 g/mol. The van der Waals surface area contributed by atoms with Crippen LogP contribution in [0.2, 0.25) is 10.0 Å². The number of nitrogens with zero attached hydrogens (tertiary/aromatic N) is 1. The Bertz CT molecular complexity index is 4750. The smallest absolute Gasteiger partial charge is 0.330 e. The molecular formula is C86H117Cl2N11O29. The number of benzene rings is 5. The summed E-state index contributed by atoms with van der Waals surface area (Å²) in [6, 6.07) is -2.50. The molecule has 42 heteroatoms. The Hall–Kier alpha value is -9.48. The van der Waals surface area contributed by atoms with E-state index in [4.69, 9.17) is 57.4 Å². The molecule has 2 saturated heterocycles. The van der Waals surface area contributed by atoms with Crippen molar-refractivity contribution in [2.45, 2.75) is 245 Å². The van der Waals surface area contributed by atoms with E-state index in [-0.39, 0.29) is 35.6 Å². The average Bonchev–Trinajstić information content (AvgIpc) is 1.13. The fourth-order valence-electron chi connectivity index (χ4n) is 16.1. The lowest BCUT2D eigenvalue weighted by atomic mass is 9.85. The van der Waals surface area contributed by atoms with Crippen LogP contribution in [-0.4, -0.2) is 286 Å². The van der Waals surface area contributed by atoms with Crippen molar-refractivity contribution >= 4 is 70.5 Å². The van der Waals surface area contributed by atoms with Gasteiger partial charge in [0.15, 0.2) is 29.9 Å². The number of amides is 7. The molecule has 40 nitrogen and oxygen atoms in total. The van der Waals surface area contributed by atoms with Gasteiger partial charge in [0, 0.05) is 54.8 Å². The van der Waals surface area contributed by atoms with Gasteiger partial charge in [-0.15, -0.1) is 0 Å². The highest BCUT2D eigenvalue weighted by molar-refractivity contribution is 6.32. The Morgan fingerprint density at radius 1 is 0.680 bits per heavy atom. The molecule has 12 rings (SSSR count).